The highest BCUT2D eigenvalue weighted by atomic mass is 19.1. The van der Waals surface area contributed by atoms with Crippen LogP contribution in [0.5, 0.6) is 5.75 Å². The second-order valence-corrected chi connectivity index (χ2v) is 9.39. The van der Waals surface area contributed by atoms with Crippen LogP contribution in [0.3, 0.4) is 0 Å². The maximum Gasteiger partial charge on any atom is 0.413 e. The van der Waals surface area contributed by atoms with E-state index in [0.29, 0.717) is 55.7 Å². The maximum absolute atomic E-state index is 14.5. The van der Waals surface area contributed by atoms with Gasteiger partial charge >= 0.3 is 6.09 Å². The lowest BCUT2D eigenvalue weighted by Crippen LogP contribution is -2.43. The maximum atomic E-state index is 14.5. The highest BCUT2D eigenvalue weighted by Gasteiger charge is 2.31. The van der Waals surface area contributed by atoms with Crippen LogP contribution in [-0.2, 0) is 0 Å². The van der Waals surface area contributed by atoms with E-state index in [1.165, 1.54) is 16.8 Å². The monoisotopic (exact) mass is 471 g/mol. The van der Waals surface area contributed by atoms with Gasteiger partial charge in [-0.05, 0) is 69.7 Å². The van der Waals surface area contributed by atoms with Crippen LogP contribution in [0.2, 0.25) is 0 Å². The summed E-state index contributed by atoms with van der Waals surface area (Å²) in [5.41, 5.74) is -0.0354. The van der Waals surface area contributed by atoms with Gasteiger partial charge in [0, 0.05) is 24.3 Å². The molecule has 1 amide bonds. The summed E-state index contributed by atoms with van der Waals surface area (Å²) in [6.45, 7) is 2.44. The molecule has 3 heterocycles. The topological polar surface area (TPSA) is 92.0 Å². The summed E-state index contributed by atoms with van der Waals surface area (Å²) in [7, 11) is 0. The van der Waals surface area contributed by atoms with E-state index in [4.69, 9.17) is 4.74 Å². The van der Waals surface area contributed by atoms with E-state index in [9.17, 15) is 18.7 Å². The Balaban J connectivity index is 1.34. The van der Waals surface area contributed by atoms with E-state index in [1.807, 2.05) is 4.90 Å². The summed E-state index contributed by atoms with van der Waals surface area (Å²) in [5.74, 6) is -0.159. The molecule has 2 aliphatic rings. The van der Waals surface area contributed by atoms with E-state index in [0.717, 1.165) is 18.6 Å². The lowest BCUT2D eigenvalue weighted by atomic mass is 9.84. The Hall–Kier alpha value is -3.27. The van der Waals surface area contributed by atoms with Crippen molar-refractivity contribution in [1.29, 1.82) is 0 Å². The Morgan fingerprint density at radius 1 is 1.24 bits per heavy atom. The van der Waals surface area contributed by atoms with Crippen LogP contribution in [-0.4, -0.2) is 44.0 Å². The van der Waals surface area contributed by atoms with Crippen molar-refractivity contribution in [3.8, 4) is 5.75 Å². The summed E-state index contributed by atoms with van der Waals surface area (Å²) in [4.78, 5) is 19.1. The zero-order chi connectivity index (χ0) is 23.9. The predicted molar refractivity (Wildman–Crippen MR) is 121 cm³/mol. The molecule has 2 aromatic heterocycles. The number of carbonyl (C=O) groups is 1. The number of nitrogens with one attached hydrogen (secondary N) is 1. The first-order valence-corrected chi connectivity index (χ1v) is 11.6. The van der Waals surface area contributed by atoms with Gasteiger partial charge in [-0.2, -0.15) is 5.10 Å². The van der Waals surface area contributed by atoms with Crippen LogP contribution >= 0.6 is 0 Å². The number of nitrogens with zero attached hydrogens (tertiary/aromatic N) is 4. The second-order valence-electron chi connectivity index (χ2n) is 9.39. The Morgan fingerprint density at radius 3 is 2.82 bits per heavy atom. The van der Waals surface area contributed by atoms with Gasteiger partial charge in [-0.25, -0.2) is 23.1 Å². The number of benzene rings is 1. The molecule has 2 N–H and O–H groups in total. The van der Waals surface area contributed by atoms with E-state index < -0.39 is 23.3 Å². The highest BCUT2D eigenvalue weighted by Crippen LogP contribution is 2.37. The SMILES string of the molecule is CC1(O)CCC(NC(=O)Oc2cnn3ccc(N4CCC[C@@H]4c4cc(F)ccc4F)nc23)CC1. The van der Waals surface area contributed by atoms with Gasteiger partial charge in [0.05, 0.1) is 17.8 Å². The van der Waals surface area contributed by atoms with Gasteiger partial charge in [-0.15, -0.1) is 0 Å². The fourth-order valence-electron chi connectivity index (χ4n) is 4.88. The molecule has 0 bridgehead atoms. The predicted octanol–water partition coefficient (Wildman–Crippen LogP) is 4.13. The number of aromatic nitrogens is 3. The summed E-state index contributed by atoms with van der Waals surface area (Å²) < 4.78 is 35.2. The molecule has 1 saturated carbocycles. The fourth-order valence-corrected chi connectivity index (χ4v) is 4.88. The van der Waals surface area contributed by atoms with Crippen molar-refractivity contribution in [1.82, 2.24) is 19.9 Å². The second kappa shape index (κ2) is 8.83. The van der Waals surface area contributed by atoms with Gasteiger partial charge in [0.25, 0.3) is 0 Å². The van der Waals surface area contributed by atoms with Crippen molar-refractivity contribution in [2.24, 2.45) is 0 Å². The molecular weight excluding hydrogens is 444 g/mol. The lowest BCUT2D eigenvalue weighted by molar-refractivity contribution is 0.0145. The molecule has 0 spiro atoms. The molecule has 1 atom stereocenters. The quantitative estimate of drug-likeness (QED) is 0.595. The van der Waals surface area contributed by atoms with Gasteiger partial charge in [0.1, 0.15) is 17.5 Å². The number of hydrogen-bond donors (Lipinski definition) is 2. The van der Waals surface area contributed by atoms with Gasteiger partial charge in [-0.3, -0.25) is 0 Å². The Labute approximate surface area is 195 Å². The molecule has 5 rings (SSSR count). The third-order valence-corrected chi connectivity index (χ3v) is 6.77. The molecule has 1 aromatic carbocycles. The minimum atomic E-state index is -0.688. The van der Waals surface area contributed by atoms with Crippen LogP contribution in [0, 0.1) is 11.6 Å². The third kappa shape index (κ3) is 4.54. The largest absolute Gasteiger partial charge is 0.413 e. The van der Waals surface area contributed by atoms with Gasteiger partial charge in [0.2, 0.25) is 5.65 Å². The molecule has 1 aliphatic carbocycles. The molecule has 180 valence electrons. The summed E-state index contributed by atoms with van der Waals surface area (Å²) in [6, 6.07) is 4.84. The molecule has 1 aliphatic heterocycles. The molecule has 0 radical (unpaired) electrons. The van der Waals surface area contributed by atoms with Crippen molar-refractivity contribution in [2.45, 2.75) is 63.1 Å². The third-order valence-electron chi connectivity index (χ3n) is 6.77. The summed E-state index contributed by atoms with van der Waals surface area (Å²) in [5, 5.41) is 17.1. The number of aliphatic hydroxyl groups is 1. The van der Waals surface area contributed by atoms with Crippen molar-refractivity contribution in [2.75, 3.05) is 11.4 Å². The number of hydrogen-bond acceptors (Lipinski definition) is 6. The van der Waals surface area contributed by atoms with Crippen LogP contribution in [0.4, 0.5) is 19.4 Å². The van der Waals surface area contributed by atoms with E-state index >= 15 is 0 Å². The number of fused-ring (bicyclic) bond motifs is 1. The number of amides is 1. The highest BCUT2D eigenvalue weighted by molar-refractivity contribution is 5.73. The van der Waals surface area contributed by atoms with Crippen LogP contribution in [0.25, 0.3) is 5.65 Å². The Kier molecular flexibility index (Phi) is 5.85. The molecule has 10 heteroatoms. The standard InChI is InChI=1S/C24H27F2N5O3/c1-24(33)9-6-16(7-10-24)28-23(32)34-20-14-27-31-12-8-21(29-22(20)31)30-11-2-3-19(30)17-13-15(25)4-5-18(17)26/h4-5,8,12-14,16,19,33H,2-3,6-7,9-11H2,1H3,(H,28,32)/t16?,19-,24?/m1/s1. The average molecular weight is 472 g/mol. The number of anilines is 1. The van der Waals surface area contributed by atoms with Crippen molar-refractivity contribution < 1.29 is 23.4 Å². The van der Waals surface area contributed by atoms with Gasteiger partial charge < -0.3 is 20.1 Å². The zero-order valence-corrected chi connectivity index (χ0v) is 18.9. The first kappa shape index (κ1) is 22.5. The average Bonchev–Trinajstić information content (AvgIpc) is 3.44. The first-order chi connectivity index (χ1) is 16.3. The molecular formula is C24H27F2N5O3. The van der Waals surface area contributed by atoms with Crippen molar-refractivity contribution >= 4 is 17.6 Å². The van der Waals surface area contributed by atoms with E-state index in [2.05, 4.69) is 15.4 Å². The van der Waals surface area contributed by atoms with Crippen LogP contribution < -0.4 is 15.0 Å². The Bertz CT molecular complexity index is 1200. The number of halogens is 2. The molecule has 34 heavy (non-hydrogen) atoms. The molecule has 1 saturated heterocycles. The normalized spacial score (nSPS) is 25.0. The van der Waals surface area contributed by atoms with Crippen molar-refractivity contribution in [3.63, 3.8) is 0 Å². The minimum Gasteiger partial charge on any atom is -0.405 e. The van der Waals surface area contributed by atoms with Crippen LogP contribution in [0.1, 0.15) is 57.1 Å². The van der Waals surface area contributed by atoms with E-state index in [1.54, 1.807) is 19.2 Å². The molecule has 8 nitrogen and oxygen atoms in total. The molecule has 2 fully saturated rings. The zero-order valence-electron chi connectivity index (χ0n) is 18.9. The molecule has 0 unspecified atom stereocenters. The van der Waals surface area contributed by atoms with E-state index in [-0.39, 0.29) is 17.8 Å². The fraction of sp³-hybridized carbons (Fsp3) is 0.458. The number of ether oxygens (including phenoxy) is 1. The lowest BCUT2D eigenvalue weighted by Gasteiger charge is -2.33. The first-order valence-electron chi connectivity index (χ1n) is 11.6. The van der Waals surface area contributed by atoms with Crippen LogP contribution in [0.15, 0.2) is 36.7 Å². The summed E-state index contributed by atoms with van der Waals surface area (Å²) in [6.07, 6.45) is 6.58. The molecule has 3 aromatic rings. The van der Waals surface area contributed by atoms with Crippen molar-refractivity contribution in [3.05, 3.63) is 53.9 Å². The Morgan fingerprint density at radius 2 is 2.03 bits per heavy atom. The summed E-state index contributed by atoms with van der Waals surface area (Å²) >= 11 is 0. The minimum absolute atomic E-state index is 0.0652. The van der Waals surface area contributed by atoms with Gasteiger partial charge in [0.15, 0.2) is 5.75 Å². The number of rotatable bonds is 4. The van der Waals surface area contributed by atoms with Gasteiger partial charge in [-0.1, -0.05) is 0 Å². The smallest absolute Gasteiger partial charge is 0.405 e. The number of carbonyl (C=O) groups excluding carboxylic acids is 1.